The largest absolute Gasteiger partial charge is 0.450 e. The minimum absolute atomic E-state index is 0.0240. The first-order valence-corrected chi connectivity index (χ1v) is 11.5. The van der Waals surface area contributed by atoms with E-state index < -0.39 is 0 Å². The maximum atomic E-state index is 13.9. The van der Waals surface area contributed by atoms with Crippen molar-refractivity contribution in [2.45, 2.75) is 6.54 Å². The third-order valence-corrected chi connectivity index (χ3v) is 6.60. The van der Waals surface area contributed by atoms with E-state index in [0.717, 1.165) is 24.3 Å². The first kappa shape index (κ1) is 21.1. The number of hydrogen-bond acceptors (Lipinski definition) is 7. The van der Waals surface area contributed by atoms with E-state index in [1.54, 1.807) is 47.4 Å². The van der Waals surface area contributed by atoms with Crippen LogP contribution in [0.2, 0.25) is 0 Å². The fraction of sp³-hybridized carbons (Fsp3) is 0.179. The van der Waals surface area contributed by atoms with Gasteiger partial charge in [-0.1, -0.05) is 18.2 Å². The van der Waals surface area contributed by atoms with E-state index in [0.29, 0.717) is 47.9 Å². The molecule has 35 heavy (non-hydrogen) atoms. The molecule has 0 unspecified atom stereocenters. The summed E-state index contributed by atoms with van der Waals surface area (Å²) in [6.07, 6.45) is 0. The van der Waals surface area contributed by atoms with E-state index in [-0.39, 0.29) is 23.0 Å². The number of rotatable bonds is 2. The molecule has 3 aliphatic rings. The monoisotopic (exact) mass is 463 g/mol. The van der Waals surface area contributed by atoms with Crippen LogP contribution in [0, 0.1) is 11.3 Å². The zero-order chi connectivity index (χ0) is 23.9. The van der Waals surface area contributed by atoms with Crippen LogP contribution >= 0.6 is 0 Å². The number of fused-ring (bicyclic) bond motifs is 2. The molecular weight excluding hydrogens is 442 g/mol. The summed E-state index contributed by atoms with van der Waals surface area (Å²) < 4.78 is 11.6. The quantitative estimate of drug-likeness (QED) is 0.566. The van der Waals surface area contributed by atoms with Gasteiger partial charge < -0.3 is 19.3 Å². The maximum Gasteiger partial charge on any atom is 0.231 e. The number of anilines is 2. The van der Waals surface area contributed by atoms with E-state index in [1.165, 1.54) is 0 Å². The lowest BCUT2D eigenvalue weighted by molar-refractivity contribution is 0.0936. The molecule has 0 amide bonds. The number of morpholine rings is 1. The van der Waals surface area contributed by atoms with Gasteiger partial charge in [0.15, 0.2) is 0 Å². The maximum absolute atomic E-state index is 13.9. The van der Waals surface area contributed by atoms with E-state index >= 15 is 0 Å². The third-order valence-electron chi connectivity index (χ3n) is 6.60. The molecule has 1 fully saturated rings. The SMILES string of the molecule is N#Cc1ccc(N2Cc3ccccc3OC3=C2C(=O)c2ccc(N4CCOCC4)cc2C3=O)cc1. The number of hydrogen-bond donors (Lipinski definition) is 0. The Kier molecular flexibility index (Phi) is 5.09. The molecule has 0 saturated carbocycles. The molecule has 0 atom stereocenters. The molecule has 7 nitrogen and oxygen atoms in total. The van der Waals surface area contributed by atoms with Gasteiger partial charge in [-0.3, -0.25) is 9.59 Å². The molecule has 0 aromatic heterocycles. The first-order valence-electron chi connectivity index (χ1n) is 11.5. The second-order valence-electron chi connectivity index (χ2n) is 8.62. The summed E-state index contributed by atoms with van der Waals surface area (Å²) in [7, 11) is 0. The van der Waals surface area contributed by atoms with Crippen molar-refractivity contribution in [3.63, 3.8) is 0 Å². The average molecular weight is 463 g/mol. The summed E-state index contributed by atoms with van der Waals surface area (Å²) in [6.45, 7) is 3.05. The molecule has 0 spiro atoms. The molecule has 172 valence electrons. The fourth-order valence-corrected chi connectivity index (χ4v) is 4.77. The summed E-state index contributed by atoms with van der Waals surface area (Å²) in [5, 5.41) is 9.20. The van der Waals surface area contributed by atoms with Crippen LogP contribution in [0.4, 0.5) is 11.4 Å². The van der Waals surface area contributed by atoms with E-state index in [1.807, 2.05) is 24.3 Å². The van der Waals surface area contributed by atoms with Gasteiger partial charge in [-0.15, -0.1) is 0 Å². The molecule has 6 rings (SSSR count). The van der Waals surface area contributed by atoms with Crippen molar-refractivity contribution >= 4 is 22.9 Å². The second-order valence-corrected chi connectivity index (χ2v) is 8.62. The Bertz CT molecular complexity index is 1430. The Balaban J connectivity index is 1.49. The highest BCUT2D eigenvalue weighted by Crippen LogP contribution is 2.39. The topological polar surface area (TPSA) is 82.9 Å². The number of benzene rings is 3. The fourth-order valence-electron chi connectivity index (χ4n) is 4.77. The molecule has 0 bridgehead atoms. The van der Waals surface area contributed by atoms with Crippen molar-refractivity contribution in [2.75, 3.05) is 36.1 Å². The van der Waals surface area contributed by atoms with Crippen molar-refractivity contribution in [2.24, 2.45) is 0 Å². The van der Waals surface area contributed by atoms with Crippen molar-refractivity contribution in [1.29, 1.82) is 5.26 Å². The van der Waals surface area contributed by atoms with E-state index in [2.05, 4.69) is 11.0 Å². The number of nitriles is 1. The van der Waals surface area contributed by atoms with Crippen molar-refractivity contribution in [3.8, 4) is 11.8 Å². The van der Waals surface area contributed by atoms with E-state index in [4.69, 9.17) is 9.47 Å². The molecule has 7 heteroatoms. The predicted molar refractivity (Wildman–Crippen MR) is 130 cm³/mol. The molecule has 0 radical (unpaired) electrons. The molecule has 1 saturated heterocycles. The molecule has 2 aliphatic heterocycles. The number of carbonyl (C=O) groups excluding carboxylic acids is 2. The lowest BCUT2D eigenvalue weighted by Crippen LogP contribution is -2.37. The van der Waals surface area contributed by atoms with Gasteiger partial charge in [0.1, 0.15) is 11.4 Å². The minimum atomic E-state index is -0.319. The molecule has 3 aromatic carbocycles. The molecule has 2 heterocycles. The number of ketones is 2. The normalized spacial score (nSPS) is 17.1. The lowest BCUT2D eigenvalue weighted by Gasteiger charge is -2.31. The van der Waals surface area contributed by atoms with Gasteiger partial charge in [-0.05, 0) is 48.5 Å². The van der Waals surface area contributed by atoms with E-state index in [9.17, 15) is 14.9 Å². The Labute approximate surface area is 202 Å². The predicted octanol–water partition coefficient (Wildman–Crippen LogP) is 4.08. The van der Waals surface area contributed by atoms with Gasteiger partial charge in [0.25, 0.3) is 0 Å². The molecule has 0 N–H and O–H groups in total. The van der Waals surface area contributed by atoms with Crippen LogP contribution < -0.4 is 14.5 Å². The zero-order valence-electron chi connectivity index (χ0n) is 18.9. The van der Waals surface area contributed by atoms with Crippen molar-refractivity contribution in [3.05, 3.63) is 100 Å². The number of ether oxygens (including phenoxy) is 2. The van der Waals surface area contributed by atoms with Crippen molar-refractivity contribution < 1.29 is 19.1 Å². The number of Topliss-reactive ketones (excluding diaryl/α,β-unsaturated/α-hetero) is 2. The zero-order valence-corrected chi connectivity index (χ0v) is 18.9. The van der Waals surface area contributed by atoms with Gasteiger partial charge >= 0.3 is 0 Å². The van der Waals surface area contributed by atoms with Gasteiger partial charge in [0.05, 0.1) is 31.4 Å². The Morgan fingerprint density at radius 3 is 2.34 bits per heavy atom. The Morgan fingerprint density at radius 1 is 0.829 bits per heavy atom. The van der Waals surface area contributed by atoms with Crippen LogP contribution in [0.5, 0.6) is 5.75 Å². The van der Waals surface area contributed by atoms with Gasteiger partial charge in [0, 0.05) is 41.2 Å². The third kappa shape index (κ3) is 3.56. The smallest absolute Gasteiger partial charge is 0.231 e. The lowest BCUT2D eigenvalue weighted by atomic mass is 9.89. The van der Waals surface area contributed by atoms with Crippen LogP contribution in [0.25, 0.3) is 0 Å². The summed E-state index contributed by atoms with van der Waals surface area (Å²) in [6, 6.07) is 22.0. The van der Waals surface area contributed by atoms with Crippen LogP contribution in [-0.4, -0.2) is 37.9 Å². The highest BCUT2D eigenvalue weighted by Gasteiger charge is 2.40. The first-order chi connectivity index (χ1) is 17.1. The number of para-hydroxylation sites is 1. The average Bonchev–Trinajstić information content (AvgIpc) is 3.09. The highest BCUT2D eigenvalue weighted by molar-refractivity contribution is 6.27. The van der Waals surface area contributed by atoms with Gasteiger partial charge in [0.2, 0.25) is 17.3 Å². The van der Waals surface area contributed by atoms with Crippen LogP contribution in [-0.2, 0) is 11.3 Å². The highest BCUT2D eigenvalue weighted by atomic mass is 16.5. The van der Waals surface area contributed by atoms with Crippen LogP contribution in [0.15, 0.2) is 78.2 Å². The second kappa shape index (κ2) is 8.42. The van der Waals surface area contributed by atoms with Gasteiger partial charge in [-0.25, -0.2) is 0 Å². The Hall–Kier alpha value is -4.41. The van der Waals surface area contributed by atoms with Crippen LogP contribution in [0.3, 0.4) is 0 Å². The van der Waals surface area contributed by atoms with Gasteiger partial charge in [-0.2, -0.15) is 5.26 Å². The summed E-state index contributed by atoms with van der Waals surface area (Å²) in [4.78, 5) is 31.7. The Morgan fingerprint density at radius 2 is 1.57 bits per heavy atom. The molecular formula is C28H21N3O4. The number of nitrogens with zero attached hydrogens (tertiary/aromatic N) is 3. The van der Waals surface area contributed by atoms with Crippen molar-refractivity contribution in [1.82, 2.24) is 0 Å². The number of carbonyl (C=O) groups is 2. The standard InChI is InChI=1S/C28H21N3O4/c29-16-18-5-7-20(8-6-18)31-17-19-3-1-2-4-24(19)35-28-25(31)26(32)22-10-9-21(15-23(22)27(28)33)30-11-13-34-14-12-30/h1-10,15H,11-14,17H2. The summed E-state index contributed by atoms with van der Waals surface area (Å²) in [5.41, 5.74) is 3.87. The molecule has 3 aromatic rings. The van der Waals surface area contributed by atoms with Crippen LogP contribution in [0.1, 0.15) is 31.8 Å². The minimum Gasteiger partial charge on any atom is -0.450 e. The summed E-state index contributed by atoms with van der Waals surface area (Å²) in [5.74, 6) is -0.0126. The molecule has 1 aliphatic carbocycles. The summed E-state index contributed by atoms with van der Waals surface area (Å²) >= 11 is 0. The number of allylic oxidation sites excluding steroid dienone is 2.